The van der Waals surface area contributed by atoms with Gasteiger partial charge in [0.25, 0.3) is 11.8 Å². The van der Waals surface area contributed by atoms with Crippen LogP contribution in [-0.4, -0.2) is 16.8 Å². The molecule has 0 aliphatic rings. The highest BCUT2D eigenvalue weighted by Gasteiger charge is 2.14. The number of amides is 2. The van der Waals surface area contributed by atoms with Gasteiger partial charge in [-0.15, -0.1) is 0 Å². The number of halogens is 2. The van der Waals surface area contributed by atoms with E-state index >= 15 is 0 Å². The number of pyridine rings is 1. The van der Waals surface area contributed by atoms with Crippen LogP contribution in [0.1, 0.15) is 33.3 Å². The first-order valence-corrected chi connectivity index (χ1v) is 8.59. The second-order valence-corrected chi connectivity index (χ2v) is 5.98. The molecule has 3 rings (SSSR count). The molecule has 3 aromatic rings. The van der Waals surface area contributed by atoms with Crippen molar-refractivity contribution in [2.45, 2.75) is 13.3 Å². The Bertz CT molecular complexity index is 1040. The maximum atomic E-state index is 13.3. The Kier molecular flexibility index (Phi) is 5.74. The Labute approximate surface area is 160 Å². The maximum absolute atomic E-state index is 13.3. The van der Waals surface area contributed by atoms with Crippen LogP contribution in [0.15, 0.2) is 60.8 Å². The number of carbonyl (C=O) groups is 2. The number of rotatable bonds is 5. The van der Waals surface area contributed by atoms with Gasteiger partial charge in [0.15, 0.2) is 11.6 Å². The third-order valence-corrected chi connectivity index (χ3v) is 4.08. The molecule has 142 valence electrons. The van der Waals surface area contributed by atoms with Crippen LogP contribution in [0.3, 0.4) is 0 Å². The van der Waals surface area contributed by atoms with Crippen molar-refractivity contribution in [3.63, 3.8) is 0 Å². The van der Waals surface area contributed by atoms with E-state index in [4.69, 9.17) is 0 Å². The minimum atomic E-state index is -1.08. The molecule has 0 saturated carbocycles. The molecule has 5 nitrogen and oxygen atoms in total. The summed E-state index contributed by atoms with van der Waals surface area (Å²) in [7, 11) is 0. The molecule has 0 radical (unpaired) electrons. The quantitative estimate of drug-likeness (QED) is 0.687. The Morgan fingerprint density at radius 3 is 2.46 bits per heavy atom. The minimum absolute atomic E-state index is 0.0267. The van der Waals surface area contributed by atoms with Crippen molar-refractivity contribution in [2.24, 2.45) is 0 Å². The summed E-state index contributed by atoms with van der Waals surface area (Å²) in [6.45, 7) is 1.98. The van der Waals surface area contributed by atoms with Crippen LogP contribution < -0.4 is 10.6 Å². The van der Waals surface area contributed by atoms with Crippen LogP contribution in [0.25, 0.3) is 0 Å². The van der Waals surface area contributed by atoms with Gasteiger partial charge >= 0.3 is 0 Å². The van der Waals surface area contributed by atoms with Gasteiger partial charge in [-0.2, -0.15) is 0 Å². The molecule has 0 spiro atoms. The van der Waals surface area contributed by atoms with E-state index in [2.05, 4.69) is 15.6 Å². The number of nitrogens with one attached hydrogen (secondary N) is 2. The molecule has 2 aromatic carbocycles. The van der Waals surface area contributed by atoms with E-state index in [0.29, 0.717) is 5.69 Å². The lowest BCUT2D eigenvalue weighted by Gasteiger charge is -2.10. The van der Waals surface area contributed by atoms with E-state index < -0.39 is 17.5 Å². The van der Waals surface area contributed by atoms with Gasteiger partial charge in [0.05, 0.1) is 0 Å². The van der Waals surface area contributed by atoms with E-state index in [1.54, 1.807) is 6.07 Å². The lowest BCUT2D eigenvalue weighted by molar-refractivity contribution is 0.102. The Morgan fingerprint density at radius 2 is 1.71 bits per heavy atom. The van der Waals surface area contributed by atoms with Crippen molar-refractivity contribution in [3.8, 4) is 0 Å². The average molecular weight is 381 g/mol. The summed E-state index contributed by atoms with van der Waals surface area (Å²) in [6.07, 6.45) is 2.09. The second kappa shape index (κ2) is 8.39. The Hall–Kier alpha value is -3.61. The fourth-order valence-corrected chi connectivity index (χ4v) is 2.61. The topological polar surface area (TPSA) is 71.1 Å². The number of aromatic nitrogens is 1. The van der Waals surface area contributed by atoms with Gasteiger partial charge in [-0.05, 0) is 42.3 Å². The Morgan fingerprint density at radius 1 is 0.929 bits per heavy atom. The van der Waals surface area contributed by atoms with Crippen LogP contribution in [0, 0.1) is 11.6 Å². The molecule has 0 aliphatic heterocycles. The van der Waals surface area contributed by atoms with Crippen molar-refractivity contribution < 1.29 is 18.4 Å². The first kappa shape index (κ1) is 19.2. The third-order valence-electron chi connectivity index (χ3n) is 4.08. The molecular formula is C21H17F2N3O2. The van der Waals surface area contributed by atoms with Gasteiger partial charge in [-0.25, -0.2) is 8.78 Å². The monoisotopic (exact) mass is 381 g/mol. The zero-order chi connectivity index (χ0) is 20.1. The summed E-state index contributed by atoms with van der Waals surface area (Å²) < 4.78 is 26.3. The van der Waals surface area contributed by atoms with Crippen molar-refractivity contribution in [1.82, 2.24) is 4.98 Å². The molecular weight excluding hydrogens is 364 g/mol. The number of benzene rings is 2. The third kappa shape index (κ3) is 4.37. The zero-order valence-corrected chi connectivity index (χ0v) is 15.0. The van der Waals surface area contributed by atoms with Gasteiger partial charge < -0.3 is 10.6 Å². The van der Waals surface area contributed by atoms with Crippen LogP contribution in [-0.2, 0) is 6.42 Å². The number of para-hydroxylation sites is 1. The molecule has 2 amide bonds. The number of nitrogens with zero attached hydrogens (tertiary/aromatic N) is 1. The van der Waals surface area contributed by atoms with Crippen LogP contribution in [0.2, 0.25) is 0 Å². The van der Waals surface area contributed by atoms with Gasteiger partial charge in [-0.1, -0.05) is 25.1 Å². The molecule has 2 N–H and O–H groups in total. The molecule has 0 unspecified atom stereocenters. The lowest BCUT2D eigenvalue weighted by Crippen LogP contribution is -2.17. The maximum Gasteiger partial charge on any atom is 0.274 e. The summed E-state index contributed by atoms with van der Waals surface area (Å²) >= 11 is 0. The normalized spacial score (nSPS) is 10.4. The molecule has 0 aliphatic carbocycles. The first-order chi connectivity index (χ1) is 13.5. The molecule has 0 saturated heterocycles. The van der Waals surface area contributed by atoms with Gasteiger partial charge in [0, 0.05) is 29.2 Å². The smallest absolute Gasteiger partial charge is 0.274 e. The minimum Gasteiger partial charge on any atom is -0.322 e. The summed E-state index contributed by atoms with van der Waals surface area (Å²) in [5.41, 5.74) is 1.98. The van der Waals surface area contributed by atoms with Crippen molar-refractivity contribution in [2.75, 3.05) is 10.6 Å². The fourth-order valence-electron chi connectivity index (χ4n) is 2.61. The predicted octanol–water partition coefficient (Wildman–Crippen LogP) is 4.43. The fraction of sp³-hybridized carbons (Fsp3) is 0.0952. The Balaban J connectivity index is 1.76. The van der Waals surface area contributed by atoms with Gasteiger partial charge in [0.2, 0.25) is 0 Å². The van der Waals surface area contributed by atoms with Gasteiger partial charge in [-0.3, -0.25) is 14.6 Å². The SMILES string of the molecule is CCc1ccccc1NC(=O)c1ccnc(C(=O)Nc2ccc(F)c(F)c2)c1. The highest BCUT2D eigenvalue weighted by molar-refractivity contribution is 6.08. The van der Waals surface area contributed by atoms with E-state index in [0.717, 1.165) is 24.1 Å². The summed E-state index contributed by atoms with van der Waals surface area (Å²) in [6, 6.07) is 13.3. The molecule has 1 heterocycles. The standard InChI is InChI=1S/C21H17F2N3O2/c1-2-13-5-3-4-6-18(13)26-20(27)14-9-10-24-19(11-14)21(28)25-15-7-8-16(22)17(23)12-15/h3-12H,2H2,1H3,(H,25,28)(H,26,27). The number of anilines is 2. The molecule has 0 atom stereocenters. The highest BCUT2D eigenvalue weighted by atomic mass is 19.2. The molecule has 28 heavy (non-hydrogen) atoms. The van der Waals surface area contributed by atoms with Crippen molar-refractivity contribution in [1.29, 1.82) is 0 Å². The van der Waals surface area contributed by atoms with E-state index in [-0.39, 0.29) is 22.9 Å². The first-order valence-electron chi connectivity index (χ1n) is 8.59. The summed E-state index contributed by atoms with van der Waals surface area (Å²) in [4.78, 5) is 28.8. The molecule has 0 bridgehead atoms. The average Bonchev–Trinajstić information content (AvgIpc) is 2.71. The van der Waals surface area contributed by atoms with Crippen molar-refractivity contribution in [3.05, 3.63) is 89.2 Å². The van der Waals surface area contributed by atoms with Crippen LogP contribution in [0.4, 0.5) is 20.2 Å². The molecule has 7 heteroatoms. The predicted molar refractivity (Wildman–Crippen MR) is 102 cm³/mol. The molecule has 0 fully saturated rings. The van der Waals surface area contributed by atoms with Crippen LogP contribution >= 0.6 is 0 Å². The van der Waals surface area contributed by atoms with Crippen LogP contribution in [0.5, 0.6) is 0 Å². The molecule has 1 aromatic heterocycles. The summed E-state index contributed by atoms with van der Waals surface area (Å²) in [5.74, 6) is -3.12. The number of hydrogen-bond acceptors (Lipinski definition) is 3. The number of carbonyl (C=O) groups excluding carboxylic acids is 2. The zero-order valence-electron chi connectivity index (χ0n) is 15.0. The number of aryl methyl sites for hydroxylation is 1. The van der Waals surface area contributed by atoms with E-state index in [1.165, 1.54) is 24.4 Å². The summed E-state index contributed by atoms with van der Waals surface area (Å²) in [5, 5.41) is 5.24. The second-order valence-electron chi connectivity index (χ2n) is 5.98. The number of hydrogen-bond donors (Lipinski definition) is 2. The van der Waals surface area contributed by atoms with E-state index in [9.17, 15) is 18.4 Å². The van der Waals surface area contributed by atoms with Gasteiger partial charge in [0.1, 0.15) is 5.69 Å². The highest BCUT2D eigenvalue weighted by Crippen LogP contribution is 2.17. The largest absolute Gasteiger partial charge is 0.322 e. The lowest BCUT2D eigenvalue weighted by atomic mass is 10.1. The van der Waals surface area contributed by atoms with Crippen molar-refractivity contribution >= 4 is 23.2 Å². The van der Waals surface area contributed by atoms with E-state index in [1.807, 2.05) is 25.1 Å².